The van der Waals surface area contributed by atoms with E-state index in [-0.39, 0.29) is 6.42 Å². The minimum absolute atomic E-state index is 0.0373. The average Bonchev–Trinajstić information content (AvgIpc) is 2.70. The topological polar surface area (TPSA) is 78.7 Å². The van der Waals surface area contributed by atoms with Gasteiger partial charge in [-0.3, -0.25) is 14.9 Å². The Balaban J connectivity index is 2.47. The number of halogens is 1. The molecule has 7 heteroatoms. The molecule has 2 atom stereocenters. The van der Waals surface area contributed by atoms with Crippen LogP contribution in [0.1, 0.15) is 23.5 Å². The van der Waals surface area contributed by atoms with E-state index in [1.165, 1.54) is 14.2 Å². The monoisotopic (exact) mass is 445 g/mol. The summed E-state index contributed by atoms with van der Waals surface area (Å²) in [6.07, 6.45) is -0.0373. The van der Waals surface area contributed by atoms with Crippen LogP contribution in [0.25, 0.3) is 0 Å². The molecule has 0 spiro atoms. The molecule has 28 heavy (non-hydrogen) atoms. The standard InChI is InChI=1S/C21H20BrNO5/c1-27-20-6-4-3-5-18(20)19(13-21(24)28-2)16(14-23(25)26)10-7-15-8-11-17(22)12-9-15/h3-6,8-9,11-12,16,19H,13-14H2,1-2H3/t16-,19+/m1/s1. The third kappa shape index (κ3) is 6.10. The van der Waals surface area contributed by atoms with Gasteiger partial charge in [-0.25, -0.2) is 0 Å². The molecule has 0 saturated carbocycles. The van der Waals surface area contributed by atoms with E-state index < -0.39 is 29.3 Å². The van der Waals surface area contributed by atoms with Gasteiger partial charge in [-0.1, -0.05) is 46.0 Å². The summed E-state index contributed by atoms with van der Waals surface area (Å²) in [6, 6.07) is 14.5. The minimum atomic E-state index is -0.700. The summed E-state index contributed by atoms with van der Waals surface area (Å²) in [5, 5.41) is 11.3. The summed E-state index contributed by atoms with van der Waals surface area (Å²) in [7, 11) is 2.81. The Labute approximate surface area is 172 Å². The highest BCUT2D eigenvalue weighted by Gasteiger charge is 2.31. The highest BCUT2D eigenvalue weighted by molar-refractivity contribution is 9.10. The first-order valence-electron chi connectivity index (χ1n) is 8.53. The van der Waals surface area contributed by atoms with Crippen LogP contribution in [0.3, 0.4) is 0 Å². The molecule has 2 rings (SSSR count). The van der Waals surface area contributed by atoms with Crippen molar-refractivity contribution >= 4 is 21.9 Å². The molecule has 0 N–H and O–H groups in total. The van der Waals surface area contributed by atoms with Gasteiger partial charge in [-0.05, 0) is 35.9 Å². The third-order valence-corrected chi connectivity index (χ3v) is 4.76. The van der Waals surface area contributed by atoms with Gasteiger partial charge < -0.3 is 9.47 Å². The molecule has 6 nitrogen and oxygen atoms in total. The predicted molar refractivity (Wildman–Crippen MR) is 109 cm³/mol. The van der Waals surface area contributed by atoms with Gasteiger partial charge in [0.2, 0.25) is 6.54 Å². The number of nitro groups is 1. The van der Waals surface area contributed by atoms with Crippen LogP contribution in [0, 0.1) is 27.9 Å². The van der Waals surface area contributed by atoms with Crippen molar-refractivity contribution < 1.29 is 19.2 Å². The van der Waals surface area contributed by atoms with Crippen LogP contribution in [0.5, 0.6) is 5.75 Å². The number of esters is 1. The molecular formula is C21H20BrNO5. The van der Waals surface area contributed by atoms with Gasteiger partial charge >= 0.3 is 5.97 Å². The number of carbonyl (C=O) groups excluding carboxylic acids is 1. The second kappa shape index (κ2) is 10.5. The Kier molecular flexibility index (Phi) is 8.02. The second-order valence-corrected chi connectivity index (χ2v) is 6.94. The van der Waals surface area contributed by atoms with Crippen molar-refractivity contribution in [3.8, 4) is 17.6 Å². The molecule has 0 aliphatic rings. The molecule has 0 aromatic heterocycles. The summed E-state index contributed by atoms with van der Waals surface area (Å²) in [4.78, 5) is 22.9. The summed E-state index contributed by atoms with van der Waals surface area (Å²) in [6.45, 7) is -0.400. The van der Waals surface area contributed by atoms with Gasteiger partial charge in [0.05, 0.1) is 26.6 Å². The van der Waals surface area contributed by atoms with Gasteiger partial charge in [0.15, 0.2) is 0 Å². The highest BCUT2D eigenvalue weighted by Crippen LogP contribution is 2.35. The van der Waals surface area contributed by atoms with E-state index in [1.807, 2.05) is 24.3 Å². The molecule has 2 aromatic carbocycles. The fourth-order valence-corrected chi connectivity index (χ4v) is 3.11. The number of carbonyl (C=O) groups is 1. The lowest BCUT2D eigenvalue weighted by molar-refractivity contribution is -0.486. The zero-order valence-corrected chi connectivity index (χ0v) is 17.1. The molecule has 146 valence electrons. The number of hydrogen-bond acceptors (Lipinski definition) is 5. The summed E-state index contributed by atoms with van der Waals surface area (Å²) >= 11 is 3.36. The van der Waals surface area contributed by atoms with E-state index in [9.17, 15) is 14.9 Å². The molecule has 2 aromatic rings. The van der Waals surface area contributed by atoms with E-state index in [0.717, 1.165) is 10.0 Å². The smallest absolute Gasteiger partial charge is 0.306 e. The fourth-order valence-electron chi connectivity index (χ4n) is 2.85. The second-order valence-electron chi connectivity index (χ2n) is 6.03. The third-order valence-electron chi connectivity index (χ3n) is 4.23. The van der Waals surface area contributed by atoms with Gasteiger partial charge in [0, 0.05) is 20.9 Å². The Morgan fingerprint density at radius 3 is 2.46 bits per heavy atom. The van der Waals surface area contributed by atoms with Crippen LogP contribution < -0.4 is 4.74 Å². The molecule has 0 unspecified atom stereocenters. The molecule has 0 radical (unpaired) electrons. The molecule has 0 aliphatic carbocycles. The first-order chi connectivity index (χ1) is 13.4. The Bertz CT molecular complexity index is 886. The van der Waals surface area contributed by atoms with Crippen molar-refractivity contribution in [2.45, 2.75) is 12.3 Å². The summed E-state index contributed by atoms with van der Waals surface area (Å²) in [5.74, 6) is 4.83. The lowest BCUT2D eigenvalue weighted by Gasteiger charge is -2.22. The number of para-hydroxylation sites is 1. The zero-order chi connectivity index (χ0) is 20.5. The Morgan fingerprint density at radius 2 is 1.86 bits per heavy atom. The quantitative estimate of drug-likeness (QED) is 0.278. The first kappa shape index (κ1) is 21.5. The average molecular weight is 446 g/mol. The van der Waals surface area contributed by atoms with Crippen LogP contribution >= 0.6 is 15.9 Å². The fraction of sp³-hybridized carbons (Fsp3) is 0.286. The van der Waals surface area contributed by atoms with Gasteiger partial charge in [-0.2, -0.15) is 0 Å². The SMILES string of the molecule is COC(=O)C[C@H](c1ccccc1OC)[C@H](C#Cc1ccc(Br)cc1)C[N+](=O)[O-]. The number of nitrogens with zero attached hydrogens (tertiary/aromatic N) is 1. The highest BCUT2D eigenvalue weighted by atomic mass is 79.9. The van der Waals surface area contributed by atoms with Crippen molar-refractivity contribution in [3.63, 3.8) is 0 Å². The molecule has 0 amide bonds. The Morgan fingerprint density at radius 1 is 1.18 bits per heavy atom. The maximum atomic E-state index is 12.0. The number of hydrogen-bond donors (Lipinski definition) is 0. The van der Waals surface area contributed by atoms with Crippen molar-refractivity contribution in [2.24, 2.45) is 5.92 Å². The molecule has 0 heterocycles. The number of ether oxygens (including phenoxy) is 2. The number of methoxy groups -OCH3 is 2. The van der Waals surface area contributed by atoms with Crippen molar-refractivity contribution in [3.05, 3.63) is 74.2 Å². The van der Waals surface area contributed by atoms with Crippen LogP contribution in [0.4, 0.5) is 0 Å². The van der Waals surface area contributed by atoms with Crippen LogP contribution in [-0.4, -0.2) is 31.7 Å². The summed E-state index contributed by atoms with van der Waals surface area (Å²) < 4.78 is 11.1. The number of benzene rings is 2. The molecule has 0 bridgehead atoms. The van der Waals surface area contributed by atoms with E-state index in [0.29, 0.717) is 11.3 Å². The first-order valence-corrected chi connectivity index (χ1v) is 9.32. The van der Waals surface area contributed by atoms with Gasteiger partial charge in [-0.15, -0.1) is 0 Å². The van der Waals surface area contributed by atoms with E-state index in [2.05, 4.69) is 27.8 Å². The lowest BCUT2D eigenvalue weighted by Crippen LogP contribution is -2.24. The maximum absolute atomic E-state index is 12.0. The maximum Gasteiger partial charge on any atom is 0.306 e. The minimum Gasteiger partial charge on any atom is -0.496 e. The molecule has 0 saturated heterocycles. The van der Waals surface area contributed by atoms with E-state index in [4.69, 9.17) is 9.47 Å². The predicted octanol–water partition coefficient (Wildman–Crippen LogP) is 4.05. The van der Waals surface area contributed by atoms with E-state index in [1.54, 1.807) is 24.3 Å². The van der Waals surface area contributed by atoms with Crippen molar-refractivity contribution in [1.82, 2.24) is 0 Å². The van der Waals surface area contributed by atoms with Gasteiger partial charge in [0.25, 0.3) is 0 Å². The normalized spacial score (nSPS) is 12.2. The van der Waals surface area contributed by atoms with Crippen LogP contribution in [0.2, 0.25) is 0 Å². The molecular weight excluding hydrogens is 426 g/mol. The molecule has 0 aliphatic heterocycles. The summed E-state index contributed by atoms with van der Waals surface area (Å²) in [5.41, 5.74) is 1.42. The van der Waals surface area contributed by atoms with E-state index >= 15 is 0 Å². The molecule has 0 fully saturated rings. The van der Waals surface area contributed by atoms with Crippen LogP contribution in [-0.2, 0) is 9.53 Å². The largest absolute Gasteiger partial charge is 0.496 e. The zero-order valence-electron chi connectivity index (χ0n) is 15.6. The van der Waals surface area contributed by atoms with Gasteiger partial charge in [0.1, 0.15) is 5.75 Å². The number of rotatable bonds is 7. The Hall–Kier alpha value is -2.85. The van der Waals surface area contributed by atoms with Crippen molar-refractivity contribution in [2.75, 3.05) is 20.8 Å². The van der Waals surface area contributed by atoms with Crippen molar-refractivity contribution in [1.29, 1.82) is 0 Å². The van der Waals surface area contributed by atoms with Crippen LogP contribution in [0.15, 0.2) is 53.0 Å². The lowest BCUT2D eigenvalue weighted by atomic mass is 9.83.